The lowest BCUT2D eigenvalue weighted by Gasteiger charge is -2.17. The second-order valence-corrected chi connectivity index (χ2v) is 14.1. The monoisotopic (exact) mass is 684 g/mol. The molecule has 0 aliphatic carbocycles. The summed E-state index contributed by atoms with van der Waals surface area (Å²) in [6.45, 7) is 0. The number of hydrogen-bond acceptors (Lipinski definition) is 0. The van der Waals surface area contributed by atoms with Crippen molar-refractivity contribution in [2.24, 2.45) is 0 Å². The number of rotatable bonds is 6. The van der Waals surface area contributed by atoms with Crippen molar-refractivity contribution in [3.8, 4) is 66.8 Å². The molecule has 0 heteroatoms. The molecule has 0 radical (unpaired) electrons. The van der Waals surface area contributed by atoms with Crippen LogP contribution in [0.25, 0.3) is 99.1 Å². The molecule has 0 saturated heterocycles. The summed E-state index contributed by atoms with van der Waals surface area (Å²) in [5.74, 6) is 0. The zero-order valence-electron chi connectivity index (χ0n) is 29.8. The van der Waals surface area contributed by atoms with E-state index in [1.165, 1.54) is 99.1 Å². The van der Waals surface area contributed by atoms with Gasteiger partial charge < -0.3 is 0 Å². The minimum absolute atomic E-state index is 1.20. The van der Waals surface area contributed by atoms with E-state index >= 15 is 0 Å². The minimum Gasteiger partial charge on any atom is -0.0622 e. The number of hydrogen-bond donors (Lipinski definition) is 0. The van der Waals surface area contributed by atoms with Gasteiger partial charge in [-0.3, -0.25) is 0 Å². The molecule has 0 aliphatic heterocycles. The minimum atomic E-state index is 1.20. The maximum atomic E-state index is 2.39. The fraction of sp³-hybridized carbons (Fsp3) is 0. The van der Waals surface area contributed by atoms with Gasteiger partial charge in [0.15, 0.2) is 0 Å². The first-order valence-corrected chi connectivity index (χ1v) is 18.7. The fourth-order valence-electron chi connectivity index (χ4n) is 8.15. The Kier molecular flexibility index (Phi) is 7.93. The van der Waals surface area contributed by atoms with Crippen molar-refractivity contribution in [3.63, 3.8) is 0 Å². The molecule has 0 fully saturated rings. The van der Waals surface area contributed by atoms with E-state index in [1.807, 2.05) is 0 Å². The first kappa shape index (κ1) is 31.7. The Bertz CT molecular complexity index is 2720. The molecule has 0 saturated carbocycles. The van der Waals surface area contributed by atoms with E-state index in [4.69, 9.17) is 0 Å². The van der Waals surface area contributed by atoms with Crippen LogP contribution in [0.2, 0.25) is 0 Å². The average Bonchev–Trinajstić information content (AvgIpc) is 3.26. The van der Waals surface area contributed by atoms with Crippen molar-refractivity contribution in [1.29, 1.82) is 0 Å². The molecule has 10 aromatic rings. The highest BCUT2D eigenvalue weighted by atomic mass is 14.2. The lowest BCUT2D eigenvalue weighted by Crippen LogP contribution is -1.91. The second kappa shape index (κ2) is 13.5. The Balaban J connectivity index is 1.13. The summed E-state index contributed by atoms with van der Waals surface area (Å²) in [5.41, 5.74) is 14.6. The van der Waals surface area contributed by atoms with Crippen LogP contribution in [0.5, 0.6) is 0 Å². The van der Waals surface area contributed by atoms with Gasteiger partial charge in [-0.2, -0.15) is 0 Å². The summed E-state index contributed by atoms with van der Waals surface area (Å²) in [6.07, 6.45) is 0. The van der Waals surface area contributed by atoms with Crippen molar-refractivity contribution >= 4 is 32.3 Å². The molecule has 10 aromatic carbocycles. The molecular weight excluding hydrogens is 649 g/mol. The van der Waals surface area contributed by atoms with Gasteiger partial charge in [-0.25, -0.2) is 0 Å². The van der Waals surface area contributed by atoms with Crippen LogP contribution in [0.1, 0.15) is 0 Å². The second-order valence-electron chi connectivity index (χ2n) is 14.1. The van der Waals surface area contributed by atoms with E-state index < -0.39 is 0 Å². The van der Waals surface area contributed by atoms with E-state index in [-0.39, 0.29) is 0 Å². The van der Waals surface area contributed by atoms with Crippen LogP contribution in [0, 0.1) is 0 Å². The fourth-order valence-corrected chi connectivity index (χ4v) is 8.15. The van der Waals surface area contributed by atoms with Crippen LogP contribution in [0.15, 0.2) is 218 Å². The molecule has 0 amide bonds. The number of fused-ring (bicyclic) bond motifs is 3. The quantitative estimate of drug-likeness (QED) is 0.164. The zero-order chi connectivity index (χ0) is 35.8. The van der Waals surface area contributed by atoms with Crippen molar-refractivity contribution in [3.05, 3.63) is 218 Å². The Morgan fingerprint density at radius 3 is 0.926 bits per heavy atom. The van der Waals surface area contributed by atoms with Crippen LogP contribution in [-0.2, 0) is 0 Å². The SMILES string of the molecule is c1ccc(-c2cc(-c3ccc(-c4cccc5ccccc45)cc3)cc3c(-c4ccccc4)cc(-c4ccc(-c5cccc6ccccc56)cc4)cc23)cc1. The van der Waals surface area contributed by atoms with E-state index in [1.54, 1.807) is 0 Å². The third kappa shape index (κ3) is 5.75. The van der Waals surface area contributed by atoms with Crippen molar-refractivity contribution < 1.29 is 0 Å². The van der Waals surface area contributed by atoms with Crippen molar-refractivity contribution in [2.45, 2.75) is 0 Å². The predicted molar refractivity (Wildman–Crippen MR) is 232 cm³/mol. The Hall–Kier alpha value is -7.02. The predicted octanol–water partition coefficient (Wildman–Crippen LogP) is 15.1. The highest BCUT2D eigenvalue weighted by Gasteiger charge is 2.16. The Morgan fingerprint density at radius 2 is 0.500 bits per heavy atom. The van der Waals surface area contributed by atoms with E-state index in [2.05, 4.69) is 218 Å². The van der Waals surface area contributed by atoms with Gasteiger partial charge >= 0.3 is 0 Å². The maximum Gasteiger partial charge on any atom is -0.00926 e. The molecular formula is C54H36. The van der Waals surface area contributed by atoms with Gasteiger partial charge in [-0.1, -0.05) is 194 Å². The molecule has 252 valence electrons. The largest absolute Gasteiger partial charge is 0.0622 e. The molecule has 0 spiro atoms. The molecule has 0 bridgehead atoms. The molecule has 0 aromatic heterocycles. The molecule has 0 N–H and O–H groups in total. The Morgan fingerprint density at radius 1 is 0.167 bits per heavy atom. The Labute approximate surface area is 316 Å². The van der Waals surface area contributed by atoms with Gasteiger partial charge in [0.05, 0.1) is 0 Å². The highest BCUT2D eigenvalue weighted by Crippen LogP contribution is 2.42. The molecule has 10 rings (SSSR count). The summed E-state index contributed by atoms with van der Waals surface area (Å²) in [7, 11) is 0. The molecule has 54 heavy (non-hydrogen) atoms. The molecule has 0 aliphatic rings. The maximum absolute atomic E-state index is 2.39. The zero-order valence-corrected chi connectivity index (χ0v) is 29.8. The van der Waals surface area contributed by atoms with Gasteiger partial charge in [-0.15, -0.1) is 0 Å². The molecule has 0 unspecified atom stereocenters. The highest BCUT2D eigenvalue weighted by molar-refractivity contribution is 6.09. The lowest BCUT2D eigenvalue weighted by molar-refractivity contribution is 1.58. The third-order valence-electron chi connectivity index (χ3n) is 10.9. The van der Waals surface area contributed by atoms with E-state index in [0.29, 0.717) is 0 Å². The lowest BCUT2D eigenvalue weighted by atomic mass is 9.86. The number of benzene rings is 10. The van der Waals surface area contributed by atoms with Crippen LogP contribution < -0.4 is 0 Å². The van der Waals surface area contributed by atoms with Crippen LogP contribution >= 0.6 is 0 Å². The van der Waals surface area contributed by atoms with Crippen LogP contribution in [0.4, 0.5) is 0 Å². The van der Waals surface area contributed by atoms with Gasteiger partial charge in [0.1, 0.15) is 0 Å². The topological polar surface area (TPSA) is 0 Å². The van der Waals surface area contributed by atoms with E-state index in [9.17, 15) is 0 Å². The van der Waals surface area contributed by atoms with Gasteiger partial charge in [0.25, 0.3) is 0 Å². The van der Waals surface area contributed by atoms with Gasteiger partial charge in [0, 0.05) is 0 Å². The average molecular weight is 685 g/mol. The normalized spacial score (nSPS) is 11.3. The van der Waals surface area contributed by atoms with Crippen LogP contribution in [-0.4, -0.2) is 0 Å². The van der Waals surface area contributed by atoms with Gasteiger partial charge in [0.2, 0.25) is 0 Å². The summed E-state index contributed by atoms with van der Waals surface area (Å²) >= 11 is 0. The molecule has 0 nitrogen and oxygen atoms in total. The smallest absolute Gasteiger partial charge is 0.00926 e. The molecule has 0 atom stereocenters. The third-order valence-corrected chi connectivity index (χ3v) is 10.9. The summed E-state index contributed by atoms with van der Waals surface area (Å²) in [5, 5.41) is 7.55. The summed E-state index contributed by atoms with van der Waals surface area (Å²) < 4.78 is 0. The van der Waals surface area contributed by atoms with Gasteiger partial charge in [-0.05, 0) is 123 Å². The van der Waals surface area contributed by atoms with Crippen molar-refractivity contribution in [2.75, 3.05) is 0 Å². The van der Waals surface area contributed by atoms with E-state index in [0.717, 1.165) is 0 Å². The van der Waals surface area contributed by atoms with Crippen LogP contribution in [0.3, 0.4) is 0 Å². The summed E-state index contributed by atoms with van der Waals surface area (Å²) in [6, 6.07) is 79.8. The standard InChI is InChI=1S/C54H36/c1-3-13-41(14-4-1)51-33-45(37-25-29-43(30-26-37)49-23-11-19-39-17-7-9-21-47(39)49)36-54-52(42-15-5-2-6-16-42)34-46(35-53(51)54)38-27-31-44(32-28-38)50-24-12-20-40-18-8-10-22-48(40)50/h1-36H. The first-order chi connectivity index (χ1) is 26.8. The van der Waals surface area contributed by atoms with Crippen molar-refractivity contribution in [1.82, 2.24) is 0 Å². The summed E-state index contributed by atoms with van der Waals surface area (Å²) in [4.78, 5) is 0. The molecule has 0 heterocycles. The first-order valence-electron chi connectivity index (χ1n) is 18.7.